The SMILES string of the molecule is Cc1cc(C)c(N(C)C(=O)c2cc(Cl)c3c(c2C)OC(C)([C@H]2CC[C@H](NC(=O)O)CC2)O3)c(=O)[nH]1. The average molecular weight is 504 g/mol. The van der Waals surface area contributed by atoms with Gasteiger partial charge in [-0.25, -0.2) is 4.79 Å². The Morgan fingerprint density at radius 3 is 2.37 bits per heavy atom. The zero-order valence-corrected chi connectivity index (χ0v) is 21.2. The predicted octanol–water partition coefficient (Wildman–Crippen LogP) is 4.54. The molecule has 10 heteroatoms. The van der Waals surface area contributed by atoms with E-state index in [1.165, 1.54) is 4.90 Å². The number of pyridine rings is 1. The van der Waals surface area contributed by atoms with Gasteiger partial charge in [-0.15, -0.1) is 0 Å². The Hall–Kier alpha value is -3.20. The van der Waals surface area contributed by atoms with Gasteiger partial charge in [0.15, 0.2) is 11.5 Å². The Labute approximate surface area is 208 Å². The number of aromatic amines is 1. The number of hydrogen-bond acceptors (Lipinski definition) is 5. The molecule has 2 aliphatic rings. The van der Waals surface area contributed by atoms with Crippen LogP contribution in [0.25, 0.3) is 0 Å². The number of rotatable bonds is 4. The van der Waals surface area contributed by atoms with E-state index in [0.29, 0.717) is 46.7 Å². The van der Waals surface area contributed by atoms with E-state index >= 15 is 0 Å². The fourth-order valence-corrected chi connectivity index (χ4v) is 5.45. The topological polar surface area (TPSA) is 121 Å². The minimum absolute atomic E-state index is 0.0211. The van der Waals surface area contributed by atoms with E-state index in [9.17, 15) is 14.4 Å². The van der Waals surface area contributed by atoms with E-state index in [0.717, 1.165) is 12.8 Å². The highest BCUT2D eigenvalue weighted by molar-refractivity contribution is 6.33. The summed E-state index contributed by atoms with van der Waals surface area (Å²) in [6, 6.07) is 3.27. The minimum Gasteiger partial charge on any atom is -0.465 e. The van der Waals surface area contributed by atoms with E-state index < -0.39 is 11.9 Å². The number of aryl methyl sites for hydroxylation is 2. The number of hydrogen-bond donors (Lipinski definition) is 3. The first-order chi connectivity index (χ1) is 16.4. The third-order valence-electron chi connectivity index (χ3n) is 7.05. The number of carbonyl (C=O) groups excluding carboxylic acids is 1. The summed E-state index contributed by atoms with van der Waals surface area (Å²) in [5.41, 5.74) is 2.22. The summed E-state index contributed by atoms with van der Waals surface area (Å²) >= 11 is 6.55. The summed E-state index contributed by atoms with van der Waals surface area (Å²) in [5.74, 6) is -0.545. The van der Waals surface area contributed by atoms with Gasteiger partial charge in [0, 0.05) is 42.8 Å². The predicted molar refractivity (Wildman–Crippen MR) is 132 cm³/mol. The van der Waals surface area contributed by atoms with Crippen LogP contribution >= 0.6 is 11.6 Å². The van der Waals surface area contributed by atoms with Gasteiger partial charge in [-0.3, -0.25) is 9.59 Å². The van der Waals surface area contributed by atoms with Gasteiger partial charge in [0.1, 0.15) is 5.69 Å². The number of H-pyrrole nitrogens is 1. The summed E-state index contributed by atoms with van der Waals surface area (Å²) in [6.45, 7) is 7.19. The molecule has 0 spiro atoms. The molecular formula is C25H30ClN3O6. The molecule has 1 aromatic heterocycles. The van der Waals surface area contributed by atoms with Gasteiger partial charge in [-0.05, 0) is 64.2 Å². The van der Waals surface area contributed by atoms with Crippen molar-refractivity contribution in [2.45, 2.75) is 65.2 Å². The number of anilines is 1. The average Bonchev–Trinajstić information content (AvgIpc) is 3.15. The van der Waals surface area contributed by atoms with Crippen LogP contribution in [0.15, 0.2) is 16.9 Å². The van der Waals surface area contributed by atoms with E-state index in [1.54, 1.807) is 33.9 Å². The largest absolute Gasteiger partial charge is 0.465 e. The molecule has 1 aliphatic heterocycles. The first-order valence-corrected chi connectivity index (χ1v) is 12.0. The second-order valence-corrected chi connectivity index (χ2v) is 9.99. The quantitative estimate of drug-likeness (QED) is 0.563. The van der Waals surface area contributed by atoms with Gasteiger partial charge in [0.25, 0.3) is 17.3 Å². The van der Waals surface area contributed by atoms with E-state index in [4.69, 9.17) is 26.2 Å². The standard InChI is InChI=1S/C25H30ClN3O6/c1-12-10-13(2)27-22(30)19(12)29(5)23(31)17-11-18(26)21-20(14(17)3)34-25(4,35-21)15-6-8-16(9-7-15)28-24(32)33/h10-11,15-16,28H,6-9H2,1-5H3,(H,27,30)(H,32,33)/t15-,16-,25?. The fraction of sp³-hybridized carbons (Fsp3) is 0.480. The van der Waals surface area contributed by atoms with E-state index in [2.05, 4.69) is 10.3 Å². The number of halogens is 1. The molecule has 1 saturated carbocycles. The molecule has 35 heavy (non-hydrogen) atoms. The number of nitrogens with zero attached hydrogens (tertiary/aromatic N) is 1. The Bertz CT molecular complexity index is 1250. The van der Waals surface area contributed by atoms with Crippen molar-refractivity contribution in [3.63, 3.8) is 0 Å². The van der Waals surface area contributed by atoms with Gasteiger partial charge in [0.05, 0.1) is 5.02 Å². The molecule has 1 fully saturated rings. The van der Waals surface area contributed by atoms with Crippen molar-refractivity contribution < 1.29 is 24.2 Å². The van der Waals surface area contributed by atoms with Gasteiger partial charge < -0.3 is 29.8 Å². The highest BCUT2D eigenvalue weighted by atomic mass is 35.5. The maximum atomic E-state index is 13.5. The van der Waals surface area contributed by atoms with Crippen molar-refractivity contribution in [1.29, 1.82) is 0 Å². The summed E-state index contributed by atoms with van der Waals surface area (Å²) < 4.78 is 12.5. The van der Waals surface area contributed by atoms with Gasteiger partial charge >= 0.3 is 6.09 Å². The highest BCUT2D eigenvalue weighted by Gasteiger charge is 2.47. The lowest BCUT2D eigenvalue weighted by Crippen LogP contribution is -2.47. The molecule has 4 rings (SSSR count). The number of benzene rings is 1. The molecule has 1 atom stereocenters. The molecule has 9 nitrogen and oxygen atoms in total. The van der Waals surface area contributed by atoms with Crippen LogP contribution in [0.4, 0.5) is 10.5 Å². The van der Waals surface area contributed by atoms with Crippen LogP contribution in [0.5, 0.6) is 11.5 Å². The number of aromatic nitrogens is 1. The van der Waals surface area contributed by atoms with Crippen LogP contribution in [0.2, 0.25) is 5.02 Å². The van der Waals surface area contributed by atoms with E-state index in [-0.39, 0.29) is 34.1 Å². The zero-order chi connectivity index (χ0) is 25.7. The Morgan fingerprint density at radius 1 is 1.14 bits per heavy atom. The van der Waals surface area contributed by atoms with Crippen LogP contribution in [0.1, 0.15) is 59.8 Å². The first kappa shape index (κ1) is 24.9. The summed E-state index contributed by atoms with van der Waals surface area (Å²) in [5, 5.41) is 11.8. The Morgan fingerprint density at radius 2 is 1.77 bits per heavy atom. The molecule has 2 aromatic rings. The maximum absolute atomic E-state index is 13.5. The highest BCUT2D eigenvalue weighted by Crippen LogP contribution is 2.51. The first-order valence-electron chi connectivity index (χ1n) is 11.6. The monoisotopic (exact) mass is 503 g/mol. The lowest BCUT2D eigenvalue weighted by Gasteiger charge is -2.37. The number of ether oxygens (including phenoxy) is 2. The smallest absolute Gasteiger partial charge is 0.404 e. The van der Waals surface area contributed by atoms with Crippen molar-refractivity contribution in [1.82, 2.24) is 10.3 Å². The molecule has 188 valence electrons. The third kappa shape index (κ3) is 4.57. The van der Waals surface area contributed by atoms with Crippen molar-refractivity contribution in [2.24, 2.45) is 5.92 Å². The molecule has 0 radical (unpaired) electrons. The molecule has 1 unspecified atom stereocenters. The molecule has 1 aliphatic carbocycles. The summed E-state index contributed by atoms with van der Waals surface area (Å²) in [4.78, 5) is 41.0. The number of carbonyl (C=O) groups is 2. The molecule has 1 aromatic carbocycles. The van der Waals surface area contributed by atoms with Gasteiger partial charge in [0.2, 0.25) is 0 Å². The Balaban J connectivity index is 1.59. The fourth-order valence-electron chi connectivity index (χ4n) is 5.22. The molecule has 3 N–H and O–H groups in total. The van der Waals surface area contributed by atoms with Crippen molar-refractivity contribution >= 4 is 29.3 Å². The van der Waals surface area contributed by atoms with Gasteiger partial charge in [-0.1, -0.05) is 11.6 Å². The normalized spacial score (nSPS) is 23.1. The molecule has 0 bridgehead atoms. The summed E-state index contributed by atoms with van der Waals surface area (Å²) in [7, 11) is 1.56. The second kappa shape index (κ2) is 9.11. The lowest BCUT2D eigenvalue weighted by molar-refractivity contribution is -0.121. The Kier molecular flexibility index (Phi) is 6.48. The second-order valence-electron chi connectivity index (χ2n) is 9.58. The van der Waals surface area contributed by atoms with Crippen molar-refractivity contribution in [3.8, 4) is 11.5 Å². The third-order valence-corrected chi connectivity index (χ3v) is 7.33. The van der Waals surface area contributed by atoms with Crippen molar-refractivity contribution in [3.05, 3.63) is 49.9 Å². The molecular weight excluding hydrogens is 474 g/mol. The molecule has 2 amide bonds. The zero-order valence-electron chi connectivity index (χ0n) is 20.5. The van der Waals surface area contributed by atoms with Crippen molar-refractivity contribution in [2.75, 3.05) is 11.9 Å². The van der Waals surface area contributed by atoms with Crippen LogP contribution in [0, 0.1) is 26.7 Å². The lowest BCUT2D eigenvalue weighted by atomic mass is 9.81. The van der Waals surface area contributed by atoms with Crippen LogP contribution < -0.4 is 25.2 Å². The minimum atomic E-state index is -1.02. The molecule has 0 saturated heterocycles. The van der Waals surface area contributed by atoms with Crippen LogP contribution in [-0.2, 0) is 0 Å². The number of fused-ring (bicyclic) bond motifs is 1. The maximum Gasteiger partial charge on any atom is 0.404 e. The van der Waals surface area contributed by atoms with Crippen LogP contribution in [0.3, 0.4) is 0 Å². The number of nitrogens with one attached hydrogen (secondary N) is 2. The van der Waals surface area contributed by atoms with Crippen LogP contribution in [-0.4, -0.2) is 41.0 Å². The number of amides is 2. The van der Waals surface area contributed by atoms with E-state index in [1.807, 2.05) is 13.0 Å². The van der Waals surface area contributed by atoms with Gasteiger partial charge in [-0.2, -0.15) is 0 Å². The molecule has 2 heterocycles. The summed E-state index contributed by atoms with van der Waals surface area (Å²) in [6.07, 6.45) is 1.78. The number of carboxylic acid groups (broad SMARTS) is 1.